The lowest BCUT2D eigenvalue weighted by Crippen LogP contribution is -2.58. The van der Waals surface area contributed by atoms with Crippen LogP contribution in [0.25, 0.3) is 0 Å². The maximum absolute atomic E-state index is 14.1. The number of ether oxygens (including phenoxy) is 1. The molecule has 2 aliphatic carbocycles. The molecule has 1 saturated heterocycles. The second-order valence-electron chi connectivity index (χ2n) is 9.54. The third-order valence-corrected chi connectivity index (χ3v) is 7.50. The van der Waals surface area contributed by atoms with E-state index in [1.807, 2.05) is 0 Å². The summed E-state index contributed by atoms with van der Waals surface area (Å²) in [7, 11) is 0. The smallest absolute Gasteiger partial charge is 0.412 e. The molecule has 3 heterocycles. The summed E-state index contributed by atoms with van der Waals surface area (Å²) in [5.41, 5.74) is -3.67. The van der Waals surface area contributed by atoms with Crippen molar-refractivity contribution in [3.05, 3.63) is 63.1 Å². The molecule has 3 fully saturated rings. The van der Waals surface area contributed by atoms with E-state index in [0.717, 1.165) is 17.2 Å². The van der Waals surface area contributed by atoms with Gasteiger partial charge in [-0.05, 0) is 30.7 Å². The fraction of sp³-hybridized carbons (Fsp3) is 0.435. The largest absolute Gasteiger partial charge is 0.503 e. The van der Waals surface area contributed by atoms with Gasteiger partial charge in [-0.2, -0.15) is 13.2 Å². The predicted molar refractivity (Wildman–Crippen MR) is 110 cm³/mol. The van der Waals surface area contributed by atoms with E-state index in [1.165, 1.54) is 4.90 Å². The summed E-state index contributed by atoms with van der Waals surface area (Å²) in [6.45, 7) is -0.0447. The third kappa shape index (κ3) is 3.32. The number of amides is 2. The van der Waals surface area contributed by atoms with Crippen LogP contribution in [0.3, 0.4) is 0 Å². The minimum absolute atomic E-state index is 0.0236. The highest BCUT2D eigenvalue weighted by atomic mass is 19.4. The number of hydrogen-bond donors (Lipinski definition) is 2. The number of carbonyl (C=O) groups excluding carboxylic acids is 2. The highest BCUT2D eigenvalue weighted by molar-refractivity contribution is 5.99. The van der Waals surface area contributed by atoms with E-state index in [4.69, 9.17) is 4.74 Å². The number of hydrogen-bond acceptors (Lipinski definition) is 5. The molecule has 2 N–H and O–H groups in total. The molecule has 6 rings (SSSR count). The Morgan fingerprint density at radius 1 is 1.17 bits per heavy atom. The Bertz CT molecular complexity index is 1380. The predicted octanol–water partition coefficient (Wildman–Crippen LogP) is 2.45. The van der Waals surface area contributed by atoms with Crippen LogP contribution in [0.5, 0.6) is 5.75 Å². The van der Waals surface area contributed by atoms with Crippen molar-refractivity contribution in [2.75, 3.05) is 0 Å². The lowest BCUT2D eigenvalue weighted by Gasteiger charge is -2.45. The quantitative estimate of drug-likeness (QED) is 0.617. The van der Waals surface area contributed by atoms with Crippen LogP contribution in [-0.2, 0) is 11.3 Å². The Labute approximate surface area is 199 Å². The third-order valence-electron chi connectivity index (χ3n) is 7.50. The number of benzene rings is 1. The van der Waals surface area contributed by atoms with Gasteiger partial charge in [-0.25, -0.2) is 8.78 Å². The summed E-state index contributed by atoms with van der Waals surface area (Å²) in [5, 5.41) is 12.1. The average Bonchev–Trinajstić information content (AvgIpc) is 3.54. The number of pyridine rings is 1. The van der Waals surface area contributed by atoms with Gasteiger partial charge in [0.25, 0.3) is 11.8 Å². The topological polar surface area (TPSA) is 101 Å². The van der Waals surface area contributed by atoms with Crippen molar-refractivity contribution >= 4 is 11.8 Å². The van der Waals surface area contributed by atoms with Crippen LogP contribution < -0.4 is 10.7 Å². The van der Waals surface area contributed by atoms with Crippen molar-refractivity contribution in [1.82, 2.24) is 14.8 Å². The molecule has 2 saturated carbocycles. The van der Waals surface area contributed by atoms with E-state index in [1.54, 1.807) is 5.32 Å². The van der Waals surface area contributed by atoms with Gasteiger partial charge in [0.05, 0.1) is 12.6 Å². The van der Waals surface area contributed by atoms with Gasteiger partial charge in [0, 0.05) is 23.9 Å². The SMILES string of the molecule is O=C(NC(c1ccc(F)cc1F)C(F)(F)F)c1cn2c(c(O)c1=O)C(=O)N1C(C2)OC2CC1C1CC21. The summed E-state index contributed by atoms with van der Waals surface area (Å²) in [6.07, 6.45) is -3.47. The standard InChI is InChI=1S/C23H18F5N3O5/c24-8-1-2-9(13(25)3-8)20(23(26,27)28)29-21(34)12-6-30-7-16-31(22(35)17(30)19(33)18(12)32)14-5-15(36-16)11-4-10(11)14/h1-3,6,10-11,14-16,20,33H,4-5,7H2,(H,29,34). The fourth-order valence-corrected chi connectivity index (χ4v) is 5.81. The molecule has 190 valence electrons. The van der Waals surface area contributed by atoms with Gasteiger partial charge in [-0.3, -0.25) is 14.4 Å². The first-order valence-electron chi connectivity index (χ1n) is 11.2. The summed E-state index contributed by atoms with van der Waals surface area (Å²) in [6, 6.07) is -1.63. The number of rotatable bonds is 3. The maximum atomic E-state index is 14.1. The molecule has 4 aliphatic rings. The van der Waals surface area contributed by atoms with Crippen molar-refractivity contribution in [3.63, 3.8) is 0 Å². The Hall–Kier alpha value is -3.48. The lowest BCUT2D eigenvalue weighted by atomic mass is 10.0. The van der Waals surface area contributed by atoms with Gasteiger partial charge in [-0.1, -0.05) is 6.07 Å². The van der Waals surface area contributed by atoms with Crippen LogP contribution in [0.15, 0.2) is 29.2 Å². The zero-order valence-electron chi connectivity index (χ0n) is 18.3. The Morgan fingerprint density at radius 2 is 1.92 bits per heavy atom. The molecular formula is C23H18F5N3O5. The number of alkyl halides is 3. The zero-order valence-corrected chi connectivity index (χ0v) is 18.3. The zero-order chi connectivity index (χ0) is 25.7. The fourth-order valence-electron chi connectivity index (χ4n) is 5.81. The molecule has 2 bridgehead atoms. The maximum Gasteiger partial charge on any atom is 0.412 e. The number of halogens is 5. The number of aromatic nitrogens is 1. The molecule has 6 unspecified atom stereocenters. The summed E-state index contributed by atoms with van der Waals surface area (Å²) in [5.74, 6) is -5.32. The van der Waals surface area contributed by atoms with Crippen LogP contribution in [0, 0.1) is 23.5 Å². The van der Waals surface area contributed by atoms with Crippen LogP contribution >= 0.6 is 0 Å². The van der Waals surface area contributed by atoms with Crippen molar-refractivity contribution in [2.24, 2.45) is 11.8 Å². The summed E-state index contributed by atoms with van der Waals surface area (Å²) < 4.78 is 75.5. The number of aromatic hydroxyl groups is 1. The normalized spacial score (nSPS) is 28.8. The molecule has 1 aromatic carbocycles. The van der Waals surface area contributed by atoms with Gasteiger partial charge in [-0.15, -0.1) is 0 Å². The van der Waals surface area contributed by atoms with Crippen molar-refractivity contribution in [3.8, 4) is 5.75 Å². The molecule has 13 heteroatoms. The average molecular weight is 511 g/mol. The Balaban J connectivity index is 1.35. The van der Waals surface area contributed by atoms with Gasteiger partial charge < -0.3 is 24.6 Å². The minimum Gasteiger partial charge on any atom is -0.503 e. The van der Waals surface area contributed by atoms with Crippen LogP contribution in [0.2, 0.25) is 0 Å². The number of carbonyl (C=O) groups is 2. The van der Waals surface area contributed by atoms with Gasteiger partial charge in [0.2, 0.25) is 5.43 Å². The summed E-state index contributed by atoms with van der Waals surface area (Å²) in [4.78, 5) is 40.3. The first kappa shape index (κ1) is 23.0. The van der Waals surface area contributed by atoms with Crippen molar-refractivity contribution in [1.29, 1.82) is 0 Å². The monoisotopic (exact) mass is 511 g/mol. The first-order valence-corrected chi connectivity index (χ1v) is 11.2. The molecule has 2 aliphatic heterocycles. The molecule has 36 heavy (non-hydrogen) atoms. The molecule has 0 spiro atoms. The minimum atomic E-state index is -5.20. The van der Waals surface area contributed by atoms with Gasteiger partial charge in [0.1, 0.15) is 17.2 Å². The molecule has 6 atom stereocenters. The number of nitrogens with zero attached hydrogens (tertiary/aromatic N) is 2. The molecule has 0 radical (unpaired) electrons. The van der Waals surface area contributed by atoms with E-state index in [9.17, 15) is 41.4 Å². The second-order valence-corrected chi connectivity index (χ2v) is 9.54. The van der Waals surface area contributed by atoms with Crippen molar-refractivity contribution < 1.29 is 41.4 Å². The number of nitrogens with one attached hydrogen (secondary N) is 1. The Kier molecular flexibility index (Phi) is 4.79. The van der Waals surface area contributed by atoms with Crippen LogP contribution in [-0.4, -0.2) is 50.9 Å². The highest BCUT2D eigenvalue weighted by Crippen LogP contribution is 2.58. The second kappa shape index (κ2) is 7.51. The molecular weight excluding hydrogens is 493 g/mol. The van der Waals surface area contributed by atoms with E-state index in [2.05, 4.69) is 0 Å². The van der Waals surface area contributed by atoms with Crippen molar-refractivity contribution in [2.45, 2.75) is 50.0 Å². The highest BCUT2D eigenvalue weighted by Gasteiger charge is 2.63. The first-order chi connectivity index (χ1) is 17.0. The van der Waals surface area contributed by atoms with Gasteiger partial charge >= 0.3 is 6.18 Å². The molecule has 2 aromatic rings. The van der Waals surface area contributed by atoms with E-state index < -0.39 is 64.2 Å². The lowest BCUT2D eigenvalue weighted by molar-refractivity contribution is -0.155. The summed E-state index contributed by atoms with van der Waals surface area (Å²) >= 11 is 0. The van der Waals surface area contributed by atoms with E-state index in [-0.39, 0.29) is 30.5 Å². The Morgan fingerprint density at radius 3 is 2.61 bits per heavy atom. The molecule has 1 aromatic heterocycles. The van der Waals surface area contributed by atoms with Crippen LogP contribution in [0.4, 0.5) is 22.0 Å². The van der Waals surface area contributed by atoms with Gasteiger partial charge in [0.15, 0.2) is 23.7 Å². The molecule has 8 nitrogen and oxygen atoms in total. The van der Waals surface area contributed by atoms with Crippen LogP contribution in [0.1, 0.15) is 45.3 Å². The van der Waals surface area contributed by atoms with E-state index >= 15 is 0 Å². The van der Waals surface area contributed by atoms with E-state index in [0.29, 0.717) is 30.4 Å². The number of fused-ring (bicyclic) bond motifs is 8. The molecule has 2 amide bonds.